The van der Waals surface area contributed by atoms with Gasteiger partial charge < -0.3 is 4.74 Å². The number of allylic oxidation sites excluding steroid dienone is 1. The van der Waals surface area contributed by atoms with Gasteiger partial charge in [-0.3, -0.25) is 0 Å². The summed E-state index contributed by atoms with van der Waals surface area (Å²) in [6, 6.07) is 23.4. The van der Waals surface area contributed by atoms with Gasteiger partial charge in [0, 0.05) is 5.39 Å². The molecular weight excluding hydrogens is 440 g/mol. The molecule has 0 spiro atoms. The first-order valence-electron chi connectivity index (χ1n) is 11.1. The number of aryl methyl sites for hydroxylation is 3. The molecule has 4 rings (SSSR count). The van der Waals surface area contributed by atoms with Gasteiger partial charge >= 0.3 is 6.36 Å². The van der Waals surface area contributed by atoms with Gasteiger partial charge in [-0.1, -0.05) is 66.7 Å². The summed E-state index contributed by atoms with van der Waals surface area (Å²) in [7, 11) is 0. The van der Waals surface area contributed by atoms with Crippen LogP contribution in [0.5, 0.6) is 5.75 Å². The normalized spacial score (nSPS) is 11.5. The second-order valence-electron chi connectivity index (χ2n) is 8.19. The molecule has 1 nitrogen and oxygen atoms in total. The number of benzene rings is 4. The fourth-order valence-corrected chi connectivity index (χ4v) is 3.98. The van der Waals surface area contributed by atoms with Crippen LogP contribution in [0.25, 0.3) is 21.9 Å². The van der Waals surface area contributed by atoms with Crippen LogP contribution in [-0.4, -0.2) is 6.36 Å². The molecule has 4 aromatic carbocycles. The van der Waals surface area contributed by atoms with Crippen molar-refractivity contribution in [1.29, 1.82) is 0 Å². The van der Waals surface area contributed by atoms with E-state index in [0.717, 1.165) is 34.9 Å². The van der Waals surface area contributed by atoms with Crippen molar-refractivity contribution < 1.29 is 22.3 Å². The van der Waals surface area contributed by atoms with Crippen molar-refractivity contribution >= 4 is 10.8 Å². The van der Waals surface area contributed by atoms with Crippen LogP contribution in [0.1, 0.15) is 23.1 Å². The maximum Gasteiger partial charge on any atom is 0.573 e. The van der Waals surface area contributed by atoms with Crippen LogP contribution in [0, 0.1) is 5.82 Å². The van der Waals surface area contributed by atoms with E-state index in [1.54, 1.807) is 24.3 Å². The Morgan fingerprint density at radius 1 is 0.735 bits per heavy atom. The predicted molar refractivity (Wildman–Crippen MR) is 128 cm³/mol. The summed E-state index contributed by atoms with van der Waals surface area (Å²) in [6.45, 7) is 3.75. The molecule has 174 valence electrons. The van der Waals surface area contributed by atoms with E-state index < -0.39 is 6.36 Å². The third kappa shape index (κ3) is 5.84. The molecular formula is C29H24F4O. The van der Waals surface area contributed by atoms with Gasteiger partial charge in [0.1, 0.15) is 11.6 Å². The van der Waals surface area contributed by atoms with Gasteiger partial charge in [0.15, 0.2) is 0 Å². The summed E-state index contributed by atoms with van der Waals surface area (Å²) < 4.78 is 55.9. The Morgan fingerprint density at radius 2 is 1.38 bits per heavy atom. The standard InChI is InChI=1S/C29H24F4O/c1-2-3-4-20-5-10-22(11-6-20)24-15-18-27-25(19-24)14-13-23(28(27)30)12-7-21-8-16-26(17-9-21)34-29(31,32)33/h2,5-6,8-11,13-19H,1,3-4,7,12H2. The van der Waals surface area contributed by atoms with Gasteiger partial charge in [0.05, 0.1) is 0 Å². The highest BCUT2D eigenvalue weighted by molar-refractivity contribution is 5.88. The Hall–Kier alpha value is -3.60. The van der Waals surface area contributed by atoms with Crippen molar-refractivity contribution in [1.82, 2.24) is 0 Å². The molecule has 0 aliphatic carbocycles. The van der Waals surface area contributed by atoms with Crippen LogP contribution in [0.3, 0.4) is 0 Å². The highest BCUT2D eigenvalue weighted by Gasteiger charge is 2.30. The number of halogens is 4. The molecule has 0 aliphatic rings. The molecule has 0 saturated heterocycles. The third-order valence-corrected chi connectivity index (χ3v) is 5.80. The lowest BCUT2D eigenvalue weighted by Crippen LogP contribution is -2.17. The molecule has 34 heavy (non-hydrogen) atoms. The molecule has 0 N–H and O–H groups in total. The summed E-state index contributed by atoms with van der Waals surface area (Å²) >= 11 is 0. The zero-order chi connectivity index (χ0) is 24.1. The molecule has 0 radical (unpaired) electrons. The van der Waals surface area contributed by atoms with Gasteiger partial charge in [-0.25, -0.2) is 4.39 Å². The van der Waals surface area contributed by atoms with Crippen LogP contribution < -0.4 is 4.74 Å². The average molecular weight is 465 g/mol. The maximum absolute atomic E-state index is 15.2. The summed E-state index contributed by atoms with van der Waals surface area (Å²) in [5.74, 6) is -0.531. The molecule has 5 heteroatoms. The number of hydrogen-bond donors (Lipinski definition) is 0. The molecule has 4 aromatic rings. The topological polar surface area (TPSA) is 9.23 Å². The smallest absolute Gasteiger partial charge is 0.406 e. The molecule has 0 heterocycles. The largest absolute Gasteiger partial charge is 0.573 e. The second-order valence-corrected chi connectivity index (χ2v) is 8.19. The first-order valence-corrected chi connectivity index (χ1v) is 11.1. The lowest BCUT2D eigenvalue weighted by Gasteiger charge is -2.11. The number of hydrogen-bond acceptors (Lipinski definition) is 1. The molecule has 0 amide bonds. The molecule has 0 aromatic heterocycles. The minimum atomic E-state index is -4.72. The second kappa shape index (κ2) is 10.1. The van der Waals surface area contributed by atoms with E-state index in [-0.39, 0.29) is 11.6 Å². The van der Waals surface area contributed by atoms with E-state index in [1.807, 2.05) is 24.3 Å². The summed E-state index contributed by atoms with van der Waals surface area (Å²) in [4.78, 5) is 0. The van der Waals surface area contributed by atoms with E-state index in [9.17, 15) is 13.2 Å². The third-order valence-electron chi connectivity index (χ3n) is 5.80. The maximum atomic E-state index is 15.2. The molecule has 0 atom stereocenters. The number of rotatable bonds is 8. The number of alkyl halides is 3. The number of fused-ring (bicyclic) bond motifs is 1. The molecule has 0 saturated carbocycles. The molecule has 0 unspecified atom stereocenters. The minimum absolute atomic E-state index is 0.263. The predicted octanol–water partition coefficient (Wildman–Crippen LogP) is 8.45. The first-order chi connectivity index (χ1) is 16.3. The monoisotopic (exact) mass is 464 g/mol. The summed E-state index contributed by atoms with van der Waals surface area (Å²) in [6.07, 6.45) is 0.0314. The van der Waals surface area contributed by atoms with E-state index in [2.05, 4.69) is 35.6 Å². The van der Waals surface area contributed by atoms with Crippen molar-refractivity contribution in [3.63, 3.8) is 0 Å². The van der Waals surface area contributed by atoms with Crippen LogP contribution in [0.2, 0.25) is 0 Å². The van der Waals surface area contributed by atoms with Crippen LogP contribution in [-0.2, 0) is 19.3 Å². The fraction of sp³-hybridized carbons (Fsp3) is 0.172. The van der Waals surface area contributed by atoms with E-state index in [0.29, 0.717) is 23.8 Å². The van der Waals surface area contributed by atoms with Gasteiger partial charge in [0.2, 0.25) is 0 Å². The van der Waals surface area contributed by atoms with Gasteiger partial charge in [-0.05, 0) is 77.1 Å². The Morgan fingerprint density at radius 3 is 2.06 bits per heavy atom. The van der Waals surface area contributed by atoms with Crippen molar-refractivity contribution in [2.75, 3.05) is 0 Å². The lowest BCUT2D eigenvalue weighted by atomic mass is 9.96. The zero-order valence-electron chi connectivity index (χ0n) is 18.5. The fourth-order valence-electron chi connectivity index (χ4n) is 3.98. The van der Waals surface area contributed by atoms with Crippen LogP contribution >= 0.6 is 0 Å². The highest BCUT2D eigenvalue weighted by Crippen LogP contribution is 2.29. The minimum Gasteiger partial charge on any atom is -0.406 e. The SMILES string of the molecule is C=CCCc1ccc(-c2ccc3c(F)c(CCc4ccc(OC(F)(F)F)cc4)ccc3c2)cc1. The summed E-state index contributed by atoms with van der Waals surface area (Å²) in [5, 5.41) is 1.38. The quantitative estimate of drug-likeness (QED) is 0.188. The van der Waals surface area contributed by atoms with Crippen molar-refractivity contribution in [2.24, 2.45) is 0 Å². The molecule has 0 bridgehead atoms. The average Bonchev–Trinajstić information content (AvgIpc) is 2.82. The zero-order valence-corrected chi connectivity index (χ0v) is 18.5. The van der Waals surface area contributed by atoms with Gasteiger partial charge in [-0.15, -0.1) is 19.8 Å². The summed E-state index contributed by atoms with van der Waals surface area (Å²) in [5.41, 5.74) is 4.73. The molecule has 0 fully saturated rings. The van der Waals surface area contributed by atoms with Crippen molar-refractivity contribution in [3.8, 4) is 16.9 Å². The van der Waals surface area contributed by atoms with Crippen LogP contribution in [0.4, 0.5) is 17.6 Å². The lowest BCUT2D eigenvalue weighted by molar-refractivity contribution is -0.274. The van der Waals surface area contributed by atoms with Crippen molar-refractivity contribution in [3.05, 3.63) is 114 Å². The first kappa shape index (κ1) is 23.6. The van der Waals surface area contributed by atoms with E-state index >= 15 is 4.39 Å². The Balaban J connectivity index is 1.47. The van der Waals surface area contributed by atoms with E-state index in [1.165, 1.54) is 17.7 Å². The Kier molecular flexibility index (Phi) is 7.01. The van der Waals surface area contributed by atoms with E-state index in [4.69, 9.17) is 0 Å². The van der Waals surface area contributed by atoms with Crippen molar-refractivity contribution in [2.45, 2.75) is 32.0 Å². The molecule has 0 aliphatic heterocycles. The van der Waals surface area contributed by atoms with Gasteiger partial charge in [0.25, 0.3) is 0 Å². The van der Waals surface area contributed by atoms with Gasteiger partial charge in [-0.2, -0.15) is 0 Å². The van der Waals surface area contributed by atoms with Crippen LogP contribution in [0.15, 0.2) is 91.5 Å². The number of ether oxygens (including phenoxy) is 1. The highest BCUT2D eigenvalue weighted by atomic mass is 19.4. The Bertz CT molecular complexity index is 1270. The Labute approximate surface area is 196 Å².